The number of rotatable bonds is 8. The molecule has 0 aliphatic carbocycles. The molecule has 0 aromatic carbocycles. The fraction of sp³-hybridized carbons (Fsp3) is 0.692. The van der Waals surface area contributed by atoms with Crippen molar-refractivity contribution in [1.29, 1.82) is 0 Å². The Kier molecular flexibility index (Phi) is 5.98. The Bertz CT molecular complexity index is 253. The lowest BCUT2D eigenvalue weighted by molar-refractivity contribution is 0.552. The SMILES string of the molecule is CCCCCCCCCn1cccc1[N]. The quantitative estimate of drug-likeness (QED) is 0.576. The third kappa shape index (κ3) is 4.91. The number of aryl methyl sites for hydroxylation is 1. The van der Waals surface area contributed by atoms with Crippen molar-refractivity contribution in [3.63, 3.8) is 0 Å². The summed E-state index contributed by atoms with van der Waals surface area (Å²) in [6, 6.07) is 3.62. The number of hydrogen-bond acceptors (Lipinski definition) is 0. The van der Waals surface area contributed by atoms with Crippen molar-refractivity contribution in [1.82, 2.24) is 10.3 Å². The molecule has 0 amide bonds. The van der Waals surface area contributed by atoms with E-state index < -0.39 is 0 Å². The van der Waals surface area contributed by atoms with E-state index in [1.54, 1.807) is 6.07 Å². The zero-order chi connectivity index (χ0) is 10.9. The number of nitrogens with zero attached hydrogens (tertiary/aromatic N) is 2. The molecule has 0 aliphatic rings. The third-order valence-corrected chi connectivity index (χ3v) is 2.81. The van der Waals surface area contributed by atoms with E-state index in [4.69, 9.17) is 0 Å². The van der Waals surface area contributed by atoms with Gasteiger partial charge in [-0.1, -0.05) is 45.4 Å². The second kappa shape index (κ2) is 7.38. The van der Waals surface area contributed by atoms with Gasteiger partial charge in [-0.25, -0.2) is 0 Å². The van der Waals surface area contributed by atoms with E-state index in [9.17, 15) is 5.73 Å². The van der Waals surface area contributed by atoms with Gasteiger partial charge in [0, 0.05) is 12.7 Å². The van der Waals surface area contributed by atoms with Crippen LogP contribution in [0.3, 0.4) is 0 Å². The molecule has 0 aliphatic heterocycles. The van der Waals surface area contributed by atoms with Crippen LogP contribution >= 0.6 is 0 Å². The lowest BCUT2D eigenvalue weighted by Gasteiger charge is -2.04. The summed E-state index contributed by atoms with van der Waals surface area (Å²) in [5.74, 6) is 0.390. The van der Waals surface area contributed by atoms with Gasteiger partial charge >= 0.3 is 0 Å². The summed E-state index contributed by atoms with van der Waals surface area (Å²) in [4.78, 5) is 0. The van der Waals surface area contributed by atoms with E-state index in [0.717, 1.165) is 6.54 Å². The Labute approximate surface area is 93.5 Å². The van der Waals surface area contributed by atoms with Crippen molar-refractivity contribution in [3.8, 4) is 0 Å². The summed E-state index contributed by atoms with van der Waals surface area (Å²) >= 11 is 0. The van der Waals surface area contributed by atoms with Crippen molar-refractivity contribution < 1.29 is 0 Å². The predicted octanol–water partition coefficient (Wildman–Crippen LogP) is 3.94. The minimum Gasteiger partial charge on any atom is -0.332 e. The van der Waals surface area contributed by atoms with Gasteiger partial charge in [0.2, 0.25) is 0 Å². The van der Waals surface area contributed by atoms with Crippen molar-refractivity contribution in [2.45, 2.75) is 58.4 Å². The predicted molar refractivity (Wildman–Crippen MR) is 64.2 cm³/mol. The maximum absolute atomic E-state index is 9.39. The van der Waals surface area contributed by atoms with Crippen LogP contribution < -0.4 is 5.73 Å². The van der Waals surface area contributed by atoms with Crippen LogP contribution in [0, 0.1) is 0 Å². The van der Waals surface area contributed by atoms with E-state index in [0.29, 0.717) is 5.82 Å². The largest absolute Gasteiger partial charge is 0.332 e. The molecule has 2 heteroatoms. The van der Waals surface area contributed by atoms with Crippen LogP contribution in [0.25, 0.3) is 0 Å². The molecular formula is C13H22N2. The van der Waals surface area contributed by atoms with E-state index in [1.165, 1.54) is 44.9 Å². The first-order chi connectivity index (χ1) is 7.34. The molecule has 15 heavy (non-hydrogen) atoms. The van der Waals surface area contributed by atoms with Crippen molar-refractivity contribution in [2.24, 2.45) is 0 Å². The summed E-state index contributed by atoms with van der Waals surface area (Å²) in [5, 5.41) is 0. The van der Waals surface area contributed by atoms with Crippen molar-refractivity contribution >= 4 is 5.82 Å². The standard InChI is InChI=1S/C13H22N2/c1-2-3-4-5-6-7-8-11-15-12-9-10-13(15)14/h9-10,12H,2-8,11H2,1H3. The number of unbranched alkanes of at least 4 members (excludes halogenated alkanes) is 6. The molecule has 0 unspecified atom stereocenters. The second-order valence-electron chi connectivity index (χ2n) is 4.18. The number of hydrogen-bond donors (Lipinski definition) is 0. The highest BCUT2D eigenvalue weighted by Crippen LogP contribution is 2.10. The van der Waals surface area contributed by atoms with Crippen molar-refractivity contribution in [3.05, 3.63) is 18.3 Å². The number of aromatic nitrogens is 1. The van der Waals surface area contributed by atoms with Crippen LogP contribution in [0.5, 0.6) is 0 Å². The minimum absolute atomic E-state index is 0.390. The molecule has 0 saturated carbocycles. The molecular weight excluding hydrogens is 184 g/mol. The van der Waals surface area contributed by atoms with Gasteiger partial charge in [0.15, 0.2) is 5.82 Å². The average molecular weight is 206 g/mol. The molecule has 0 saturated heterocycles. The maximum Gasteiger partial charge on any atom is 0.155 e. The van der Waals surface area contributed by atoms with Gasteiger partial charge < -0.3 is 4.57 Å². The maximum atomic E-state index is 9.39. The molecule has 2 nitrogen and oxygen atoms in total. The van der Waals surface area contributed by atoms with Gasteiger partial charge in [-0.2, -0.15) is 0 Å². The van der Waals surface area contributed by atoms with Gasteiger partial charge in [-0.3, -0.25) is 0 Å². The van der Waals surface area contributed by atoms with Gasteiger partial charge in [0.25, 0.3) is 0 Å². The zero-order valence-corrected chi connectivity index (χ0v) is 9.78. The molecule has 84 valence electrons. The summed E-state index contributed by atoms with van der Waals surface area (Å²) in [6.07, 6.45) is 11.2. The Balaban J connectivity index is 1.96. The topological polar surface area (TPSA) is 27.2 Å². The minimum atomic E-state index is 0.390. The molecule has 1 heterocycles. The molecule has 0 fully saturated rings. The van der Waals surface area contributed by atoms with E-state index in [2.05, 4.69) is 6.92 Å². The van der Waals surface area contributed by atoms with Gasteiger partial charge in [0.1, 0.15) is 0 Å². The fourth-order valence-electron chi connectivity index (χ4n) is 1.83. The summed E-state index contributed by atoms with van der Waals surface area (Å²) in [7, 11) is 0. The molecule has 0 bridgehead atoms. The van der Waals surface area contributed by atoms with E-state index in [-0.39, 0.29) is 0 Å². The average Bonchev–Trinajstić information content (AvgIpc) is 2.63. The van der Waals surface area contributed by atoms with E-state index >= 15 is 0 Å². The molecule has 2 radical (unpaired) electrons. The van der Waals surface area contributed by atoms with Crippen LogP contribution in [0.2, 0.25) is 0 Å². The molecule has 1 rings (SSSR count). The van der Waals surface area contributed by atoms with Gasteiger partial charge in [0.05, 0.1) is 0 Å². The fourth-order valence-corrected chi connectivity index (χ4v) is 1.83. The van der Waals surface area contributed by atoms with Crippen LogP contribution in [-0.2, 0) is 6.54 Å². The Morgan fingerprint density at radius 1 is 1.07 bits per heavy atom. The van der Waals surface area contributed by atoms with Crippen LogP contribution in [-0.4, -0.2) is 4.57 Å². The Morgan fingerprint density at radius 3 is 2.33 bits per heavy atom. The van der Waals surface area contributed by atoms with E-state index in [1.807, 2.05) is 16.8 Å². The first-order valence-electron chi connectivity index (χ1n) is 6.18. The first kappa shape index (κ1) is 12.2. The summed E-state index contributed by atoms with van der Waals surface area (Å²) in [6.45, 7) is 3.20. The molecule has 1 aromatic rings. The smallest absolute Gasteiger partial charge is 0.155 e. The second-order valence-corrected chi connectivity index (χ2v) is 4.18. The molecule has 1 aromatic heterocycles. The highest BCUT2D eigenvalue weighted by molar-refractivity contribution is 5.24. The summed E-state index contributed by atoms with van der Waals surface area (Å²) in [5.41, 5.74) is 9.39. The Morgan fingerprint density at radius 2 is 1.73 bits per heavy atom. The Hall–Kier alpha value is -0.920. The highest BCUT2D eigenvalue weighted by atomic mass is 15.0. The third-order valence-electron chi connectivity index (χ3n) is 2.81. The van der Waals surface area contributed by atoms with Crippen LogP contribution in [0.4, 0.5) is 5.82 Å². The molecule has 0 N–H and O–H groups in total. The monoisotopic (exact) mass is 206 g/mol. The van der Waals surface area contributed by atoms with Crippen LogP contribution in [0.15, 0.2) is 18.3 Å². The zero-order valence-electron chi connectivity index (χ0n) is 9.78. The lowest BCUT2D eigenvalue weighted by Crippen LogP contribution is -1.96. The molecule has 0 spiro atoms. The van der Waals surface area contributed by atoms with Gasteiger partial charge in [-0.05, 0) is 18.6 Å². The van der Waals surface area contributed by atoms with Gasteiger partial charge in [-0.15, -0.1) is 5.73 Å². The highest BCUT2D eigenvalue weighted by Gasteiger charge is 1.97. The first-order valence-corrected chi connectivity index (χ1v) is 6.18. The summed E-state index contributed by atoms with van der Waals surface area (Å²) < 4.78 is 1.91. The molecule has 0 atom stereocenters. The van der Waals surface area contributed by atoms with Crippen molar-refractivity contribution in [2.75, 3.05) is 0 Å². The normalized spacial score (nSPS) is 10.7. The van der Waals surface area contributed by atoms with Crippen LogP contribution in [0.1, 0.15) is 51.9 Å². The lowest BCUT2D eigenvalue weighted by atomic mass is 10.1.